The third-order valence-corrected chi connectivity index (χ3v) is 3.94. The molecule has 4 nitrogen and oxygen atoms in total. The Labute approximate surface area is 110 Å². The quantitative estimate of drug-likeness (QED) is 0.792. The lowest BCUT2D eigenvalue weighted by Crippen LogP contribution is -2.53. The Balaban J connectivity index is 1.72. The molecule has 1 atom stereocenters. The van der Waals surface area contributed by atoms with Gasteiger partial charge in [0.2, 0.25) is 5.91 Å². The van der Waals surface area contributed by atoms with Gasteiger partial charge in [0.25, 0.3) is 0 Å². The molecular weight excluding hydrogens is 226 g/mol. The van der Waals surface area contributed by atoms with E-state index in [2.05, 4.69) is 18.7 Å². The molecule has 1 heterocycles. The molecule has 0 radical (unpaired) electrons. The van der Waals surface area contributed by atoms with Crippen molar-refractivity contribution in [3.8, 4) is 0 Å². The summed E-state index contributed by atoms with van der Waals surface area (Å²) in [6, 6.07) is -0.306. The lowest BCUT2D eigenvalue weighted by molar-refractivity contribution is -0.134. The van der Waals surface area contributed by atoms with Crippen LogP contribution in [0.3, 0.4) is 0 Å². The summed E-state index contributed by atoms with van der Waals surface area (Å²) in [6.45, 7) is 9.23. The number of nitrogens with zero attached hydrogens (tertiary/aromatic N) is 2. The Hall–Kier alpha value is -0.610. The molecule has 1 aliphatic heterocycles. The van der Waals surface area contributed by atoms with E-state index in [9.17, 15) is 4.79 Å². The van der Waals surface area contributed by atoms with Gasteiger partial charge >= 0.3 is 0 Å². The number of piperazine rings is 1. The van der Waals surface area contributed by atoms with Crippen LogP contribution >= 0.6 is 0 Å². The average molecular weight is 253 g/mol. The second-order valence-electron chi connectivity index (χ2n) is 6.31. The minimum atomic E-state index is -0.306. The molecule has 0 aromatic heterocycles. The van der Waals surface area contributed by atoms with Gasteiger partial charge in [-0.2, -0.15) is 0 Å². The highest BCUT2D eigenvalue weighted by atomic mass is 16.2. The standard InChI is InChI=1S/C14H27N3O/c1-11(2)9-13(15)14(18)17-7-5-16(6-8-17)10-12-3-4-12/h11-13H,3-10,15H2,1-2H3/t13-/m1/s1. The van der Waals surface area contributed by atoms with Crippen molar-refractivity contribution in [3.63, 3.8) is 0 Å². The van der Waals surface area contributed by atoms with Crippen molar-refractivity contribution in [2.75, 3.05) is 32.7 Å². The predicted octanol–water partition coefficient (Wildman–Crippen LogP) is 0.914. The molecule has 0 unspecified atom stereocenters. The van der Waals surface area contributed by atoms with E-state index in [1.807, 2.05) is 4.90 Å². The first-order chi connectivity index (χ1) is 8.56. The molecule has 1 aliphatic carbocycles. The third kappa shape index (κ3) is 3.95. The maximum Gasteiger partial charge on any atom is 0.239 e. The molecule has 104 valence electrons. The van der Waals surface area contributed by atoms with Crippen molar-refractivity contribution in [1.29, 1.82) is 0 Å². The summed E-state index contributed by atoms with van der Waals surface area (Å²) in [6.07, 6.45) is 3.60. The molecule has 0 bridgehead atoms. The van der Waals surface area contributed by atoms with Crippen LogP contribution < -0.4 is 5.73 Å². The van der Waals surface area contributed by atoms with Crippen molar-refractivity contribution < 1.29 is 4.79 Å². The molecule has 2 aliphatic rings. The van der Waals surface area contributed by atoms with Crippen molar-refractivity contribution in [2.45, 2.75) is 39.2 Å². The number of amides is 1. The third-order valence-electron chi connectivity index (χ3n) is 3.94. The van der Waals surface area contributed by atoms with Crippen LogP contribution in [0, 0.1) is 11.8 Å². The van der Waals surface area contributed by atoms with E-state index >= 15 is 0 Å². The van der Waals surface area contributed by atoms with E-state index < -0.39 is 0 Å². The molecule has 0 spiro atoms. The van der Waals surface area contributed by atoms with Gasteiger partial charge in [-0.25, -0.2) is 0 Å². The predicted molar refractivity (Wildman–Crippen MR) is 73.2 cm³/mol. The van der Waals surface area contributed by atoms with Gasteiger partial charge in [0.1, 0.15) is 0 Å². The largest absolute Gasteiger partial charge is 0.339 e. The van der Waals surface area contributed by atoms with Crippen molar-refractivity contribution >= 4 is 5.91 Å². The zero-order valence-corrected chi connectivity index (χ0v) is 11.8. The van der Waals surface area contributed by atoms with Gasteiger partial charge in [0, 0.05) is 32.7 Å². The minimum absolute atomic E-state index is 0.148. The second kappa shape index (κ2) is 6.02. The van der Waals surface area contributed by atoms with Crippen LogP contribution in [0.25, 0.3) is 0 Å². The molecule has 1 saturated carbocycles. The smallest absolute Gasteiger partial charge is 0.239 e. The summed E-state index contributed by atoms with van der Waals surface area (Å²) < 4.78 is 0. The summed E-state index contributed by atoms with van der Waals surface area (Å²) in [4.78, 5) is 16.6. The highest BCUT2D eigenvalue weighted by Crippen LogP contribution is 2.29. The van der Waals surface area contributed by atoms with Crippen LogP contribution in [-0.4, -0.2) is 54.5 Å². The lowest BCUT2D eigenvalue weighted by Gasteiger charge is -2.36. The fourth-order valence-electron chi connectivity index (χ4n) is 2.66. The molecular formula is C14H27N3O. The lowest BCUT2D eigenvalue weighted by atomic mass is 10.0. The van der Waals surface area contributed by atoms with E-state index in [4.69, 9.17) is 5.73 Å². The van der Waals surface area contributed by atoms with Gasteiger partial charge in [0.05, 0.1) is 6.04 Å². The normalized spacial score (nSPS) is 23.4. The van der Waals surface area contributed by atoms with Gasteiger partial charge in [-0.05, 0) is 31.1 Å². The monoisotopic (exact) mass is 253 g/mol. The van der Waals surface area contributed by atoms with E-state index in [0.29, 0.717) is 5.92 Å². The maximum absolute atomic E-state index is 12.2. The van der Waals surface area contributed by atoms with Gasteiger partial charge in [0.15, 0.2) is 0 Å². The first-order valence-electron chi connectivity index (χ1n) is 7.33. The van der Waals surface area contributed by atoms with E-state index in [0.717, 1.165) is 38.5 Å². The van der Waals surface area contributed by atoms with Gasteiger partial charge in [-0.15, -0.1) is 0 Å². The number of nitrogens with two attached hydrogens (primary N) is 1. The van der Waals surface area contributed by atoms with Crippen LogP contribution in [0.5, 0.6) is 0 Å². The fourth-order valence-corrected chi connectivity index (χ4v) is 2.66. The van der Waals surface area contributed by atoms with E-state index in [-0.39, 0.29) is 11.9 Å². The minimum Gasteiger partial charge on any atom is -0.339 e. The van der Waals surface area contributed by atoms with Crippen molar-refractivity contribution in [1.82, 2.24) is 9.80 Å². The molecule has 2 rings (SSSR count). The molecule has 2 N–H and O–H groups in total. The van der Waals surface area contributed by atoms with Crippen molar-refractivity contribution in [2.24, 2.45) is 17.6 Å². The summed E-state index contributed by atoms with van der Waals surface area (Å²) in [5, 5.41) is 0. The highest BCUT2D eigenvalue weighted by molar-refractivity contribution is 5.81. The Kier molecular flexibility index (Phi) is 4.62. The van der Waals surface area contributed by atoms with Gasteiger partial charge in [-0.3, -0.25) is 9.69 Å². The number of carbonyl (C=O) groups excluding carboxylic acids is 1. The summed E-state index contributed by atoms with van der Waals surface area (Å²) in [5.41, 5.74) is 5.97. The Morgan fingerprint density at radius 1 is 1.22 bits per heavy atom. The Morgan fingerprint density at radius 3 is 2.33 bits per heavy atom. The van der Waals surface area contributed by atoms with E-state index in [1.54, 1.807) is 0 Å². The molecule has 2 fully saturated rings. The topological polar surface area (TPSA) is 49.6 Å². The van der Waals surface area contributed by atoms with Crippen LogP contribution in [-0.2, 0) is 4.79 Å². The van der Waals surface area contributed by atoms with Gasteiger partial charge in [-0.1, -0.05) is 13.8 Å². The van der Waals surface area contributed by atoms with Gasteiger partial charge < -0.3 is 10.6 Å². The molecule has 4 heteroatoms. The van der Waals surface area contributed by atoms with Crippen LogP contribution in [0.2, 0.25) is 0 Å². The molecule has 18 heavy (non-hydrogen) atoms. The average Bonchev–Trinajstić information content (AvgIpc) is 3.12. The highest BCUT2D eigenvalue weighted by Gasteiger charge is 2.29. The zero-order chi connectivity index (χ0) is 13.1. The van der Waals surface area contributed by atoms with E-state index in [1.165, 1.54) is 19.4 Å². The fraction of sp³-hybridized carbons (Fsp3) is 0.929. The number of hydrogen-bond donors (Lipinski definition) is 1. The number of rotatable bonds is 5. The second-order valence-corrected chi connectivity index (χ2v) is 6.31. The molecule has 1 amide bonds. The van der Waals surface area contributed by atoms with Crippen LogP contribution in [0.1, 0.15) is 33.1 Å². The molecule has 1 saturated heterocycles. The SMILES string of the molecule is CC(C)C[C@@H](N)C(=O)N1CCN(CC2CC2)CC1. The summed E-state index contributed by atoms with van der Waals surface area (Å²) in [7, 11) is 0. The van der Waals surface area contributed by atoms with Crippen LogP contribution in [0.15, 0.2) is 0 Å². The number of hydrogen-bond acceptors (Lipinski definition) is 3. The summed E-state index contributed by atoms with van der Waals surface area (Å²) >= 11 is 0. The number of carbonyl (C=O) groups is 1. The Morgan fingerprint density at radius 2 is 1.83 bits per heavy atom. The van der Waals surface area contributed by atoms with Crippen molar-refractivity contribution in [3.05, 3.63) is 0 Å². The Bertz CT molecular complexity index is 281. The maximum atomic E-state index is 12.2. The first-order valence-corrected chi connectivity index (χ1v) is 7.33. The molecule has 0 aromatic rings. The first kappa shape index (κ1) is 13.8. The summed E-state index contributed by atoms with van der Waals surface area (Å²) in [5.74, 6) is 1.57. The molecule has 0 aromatic carbocycles. The zero-order valence-electron chi connectivity index (χ0n) is 11.8. The van der Waals surface area contributed by atoms with Crippen LogP contribution in [0.4, 0.5) is 0 Å².